The second-order valence-corrected chi connectivity index (χ2v) is 4.95. The Hall–Kier alpha value is -2.40. The van der Waals surface area contributed by atoms with Crippen molar-refractivity contribution in [3.63, 3.8) is 0 Å². The minimum atomic E-state index is 0.318. The Morgan fingerprint density at radius 2 is 2.10 bits per heavy atom. The van der Waals surface area contributed by atoms with E-state index in [4.69, 9.17) is 16.0 Å². The van der Waals surface area contributed by atoms with Crippen molar-refractivity contribution in [2.75, 3.05) is 0 Å². The summed E-state index contributed by atoms with van der Waals surface area (Å²) in [5.74, 6) is 1.26. The van der Waals surface area contributed by atoms with Gasteiger partial charge in [-0.1, -0.05) is 23.2 Å². The van der Waals surface area contributed by atoms with E-state index in [2.05, 4.69) is 21.2 Å². The largest absolute Gasteiger partial charge is 0.453 e. The fourth-order valence-corrected chi connectivity index (χ4v) is 2.42. The van der Waals surface area contributed by atoms with Gasteiger partial charge in [0.2, 0.25) is 5.82 Å². The molecule has 0 radical (unpaired) electrons. The molecule has 0 spiro atoms. The highest BCUT2D eigenvalue weighted by Crippen LogP contribution is 2.28. The number of furan rings is 1. The van der Waals surface area contributed by atoms with Crippen molar-refractivity contribution in [1.82, 2.24) is 19.6 Å². The lowest BCUT2D eigenvalue weighted by atomic mass is 10.2. The first kappa shape index (κ1) is 11.4. The Kier molecular flexibility index (Phi) is 2.31. The molecule has 3 aromatic heterocycles. The highest BCUT2D eigenvalue weighted by molar-refractivity contribution is 6.32. The number of nitrogens with zero attached hydrogens (tertiary/aromatic N) is 4. The predicted molar refractivity (Wildman–Crippen MR) is 75.7 cm³/mol. The van der Waals surface area contributed by atoms with Crippen LogP contribution < -0.4 is 0 Å². The summed E-state index contributed by atoms with van der Waals surface area (Å²) in [5.41, 5.74) is 2.52. The summed E-state index contributed by atoms with van der Waals surface area (Å²) in [6, 6.07) is 7.98. The number of rotatable bonds is 1. The lowest BCUT2D eigenvalue weighted by Gasteiger charge is -1.95. The van der Waals surface area contributed by atoms with Gasteiger partial charge >= 0.3 is 0 Å². The van der Waals surface area contributed by atoms with Crippen LogP contribution in [0.2, 0.25) is 5.15 Å². The zero-order chi connectivity index (χ0) is 13.7. The summed E-state index contributed by atoms with van der Waals surface area (Å²) in [4.78, 5) is 3.98. The van der Waals surface area contributed by atoms with Crippen LogP contribution in [0.25, 0.3) is 28.2 Å². The van der Waals surface area contributed by atoms with E-state index in [0.29, 0.717) is 22.4 Å². The van der Waals surface area contributed by atoms with Crippen molar-refractivity contribution in [3.8, 4) is 11.6 Å². The van der Waals surface area contributed by atoms with Gasteiger partial charge in [-0.2, -0.15) is 0 Å². The van der Waals surface area contributed by atoms with Crippen LogP contribution in [-0.2, 0) is 0 Å². The van der Waals surface area contributed by atoms with Crippen molar-refractivity contribution < 1.29 is 4.42 Å². The average Bonchev–Trinajstić information content (AvgIpc) is 3.01. The van der Waals surface area contributed by atoms with Crippen molar-refractivity contribution in [1.29, 1.82) is 0 Å². The summed E-state index contributed by atoms with van der Waals surface area (Å²) >= 11 is 5.99. The molecule has 1 aromatic carbocycles. The van der Waals surface area contributed by atoms with Crippen LogP contribution in [0.15, 0.2) is 41.1 Å². The molecule has 3 heterocycles. The molecule has 6 heteroatoms. The molecule has 0 aliphatic carbocycles. The molecule has 0 saturated carbocycles. The molecule has 0 aliphatic rings. The first-order chi connectivity index (χ1) is 9.72. The molecule has 0 N–H and O–H groups in total. The number of halogens is 1. The van der Waals surface area contributed by atoms with Gasteiger partial charge in [-0.25, -0.2) is 4.98 Å². The van der Waals surface area contributed by atoms with Crippen LogP contribution >= 0.6 is 11.6 Å². The minimum absolute atomic E-state index is 0.318. The van der Waals surface area contributed by atoms with Crippen molar-refractivity contribution in [2.24, 2.45) is 0 Å². The molecule has 0 saturated heterocycles. The van der Waals surface area contributed by atoms with Gasteiger partial charge in [-0.05, 0) is 25.1 Å². The second-order valence-electron chi connectivity index (χ2n) is 4.59. The van der Waals surface area contributed by atoms with Gasteiger partial charge in [0.15, 0.2) is 16.6 Å². The van der Waals surface area contributed by atoms with E-state index in [1.807, 2.05) is 25.1 Å². The van der Waals surface area contributed by atoms with Crippen LogP contribution in [0.1, 0.15) is 5.56 Å². The lowest BCUT2D eigenvalue weighted by Crippen LogP contribution is -1.89. The van der Waals surface area contributed by atoms with Crippen molar-refractivity contribution in [2.45, 2.75) is 6.92 Å². The van der Waals surface area contributed by atoms with E-state index in [1.165, 1.54) is 5.56 Å². The summed E-state index contributed by atoms with van der Waals surface area (Å²) in [6.07, 6.45) is 3.37. The van der Waals surface area contributed by atoms with E-state index < -0.39 is 0 Å². The van der Waals surface area contributed by atoms with E-state index in [0.717, 1.165) is 11.0 Å². The Bertz CT molecular complexity index is 941. The summed E-state index contributed by atoms with van der Waals surface area (Å²) in [6.45, 7) is 2.05. The molecule has 0 bridgehead atoms. The molecule has 4 aromatic rings. The fourth-order valence-electron chi connectivity index (χ4n) is 2.24. The SMILES string of the molecule is Cc1ccc2oc(-c3nnc4c(Cl)nccn34)cc2c1. The molecule has 0 atom stereocenters. The first-order valence-electron chi connectivity index (χ1n) is 6.08. The monoisotopic (exact) mass is 284 g/mol. The maximum atomic E-state index is 5.99. The number of hydrogen-bond donors (Lipinski definition) is 0. The third kappa shape index (κ3) is 1.60. The van der Waals surface area contributed by atoms with Gasteiger partial charge in [0.05, 0.1) is 0 Å². The van der Waals surface area contributed by atoms with Gasteiger partial charge in [0.1, 0.15) is 5.58 Å². The predicted octanol–water partition coefficient (Wildman–Crippen LogP) is 3.50. The van der Waals surface area contributed by atoms with Gasteiger partial charge in [0.25, 0.3) is 0 Å². The molecular weight excluding hydrogens is 276 g/mol. The van der Waals surface area contributed by atoms with Gasteiger partial charge < -0.3 is 4.42 Å². The third-order valence-electron chi connectivity index (χ3n) is 3.18. The van der Waals surface area contributed by atoms with Crippen LogP contribution in [0, 0.1) is 6.92 Å². The number of benzene rings is 1. The summed E-state index contributed by atoms with van der Waals surface area (Å²) in [5, 5.41) is 9.54. The maximum absolute atomic E-state index is 5.99. The first-order valence-corrected chi connectivity index (χ1v) is 6.46. The van der Waals surface area contributed by atoms with E-state index >= 15 is 0 Å². The van der Waals surface area contributed by atoms with E-state index in [9.17, 15) is 0 Å². The zero-order valence-electron chi connectivity index (χ0n) is 10.5. The number of hydrogen-bond acceptors (Lipinski definition) is 4. The van der Waals surface area contributed by atoms with Crippen LogP contribution in [-0.4, -0.2) is 19.6 Å². The quantitative estimate of drug-likeness (QED) is 0.537. The molecule has 0 fully saturated rings. The highest BCUT2D eigenvalue weighted by atomic mass is 35.5. The van der Waals surface area contributed by atoms with Gasteiger partial charge in [-0.3, -0.25) is 4.40 Å². The third-order valence-corrected chi connectivity index (χ3v) is 3.44. The fraction of sp³-hybridized carbons (Fsp3) is 0.0714. The zero-order valence-corrected chi connectivity index (χ0v) is 11.3. The normalized spacial score (nSPS) is 11.5. The number of aromatic nitrogens is 4. The number of fused-ring (bicyclic) bond motifs is 2. The van der Waals surface area contributed by atoms with E-state index in [-0.39, 0.29) is 0 Å². The topological polar surface area (TPSA) is 56.2 Å². The summed E-state index contributed by atoms with van der Waals surface area (Å²) in [7, 11) is 0. The number of aryl methyl sites for hydroxylation is 1. The van der Waals surface area contributed by atoms with Gasteiger partial charge in [0, 0.05) is 17.8 Å². The Morgan fingerprint density at radius 1 is 1.20 bits per heavy atom. The van der Waals surface area contributed by atoms with Crippen molar-refractivity contribution in [3.05, 3.63) is 47.4 Å². The van der Waals surface area contributed by atoms with Gasteiger partial charge in [-0.15, -0.1) is 10.2 Å². The van der Waals surface area contributed by atoms with Crippen LogP contribution in [0.3, 0.4) is 0 Å². The Morgan fingerprint density at radius 3 is 3.00 bits per heavy atom. The molecule has 20 heavy (non-hydrogen) atoms. The molecule has 98 valence electrons. The summed E-state index contributed by atoms with van der Waals surface area (Å²) < 4.78 is 7.59. The smallest absolute Gasteiger partial charge is 0.204 e. The van der Waals surface area contributed by atoms with Crippen molar-refractivity contribution >= 4 is 28.2 Å². The van der Waals surface area contributed by atoms with Crippen LogP contribution in [0.5, 0.6) is 0 Å². The highest BCUT2D eigenvalue weighted by Gasteiger charge is 2.14. The molecule has 4 rings (SSSR count). The Labute approximate surface area is 118 Å². The molecule has 0 unspecified atom stereocenters. The average molecular weight is 285 g/mol. The van der Waals surface area contributed by atoms with E-state index in [1.54, 1.807) is 16.8 Å². The molecule has 5 nitrogen and oxygen atoms in total. The molecule has 0 aliphatic heterocycles. The standard InChI is InChI=1S/C14H9ClN4O/c1-8-2-3-10-9(6-8)7-11(20-10)13-17-18-14-12(15)16-4-5-19(13)14/h2-7H,1H3. The minimum Gasteiger partial charge on any atom is -0.453 e. The lowest BCUT2D eigenvalue weighted by molar-refractivity contribution is 0.624. The molecule has 0 amide bonds. The Balaban J connectivity index is 1.99. The molecular formula is C14H9ClN4O. The van der Waals surface area contributed by atoms with Crippen LogP contribution in [0.4, 0.5) is 0 Å². The maximum Gasteiger partial charge on any atom is 0.204 e. The second kappa shape index (κ2) is 4.05.